The van der Waals surface area contributed by atoms with Gasteiger partial charge in [0.2, 0.25) is 11.2 Å². The van der Waals surface area contributed by atoms with Gasteiger partial charge in [0, 0.05) is 12.7 Å². The number of anilines is 1. The second-order valence-corrected chi connectivity index (χ2v) is 8.55. The number of carbonyl (C=O) groups is 1. The van der Waals surface area contributed by atoms with E-state index in [0.717, 1.165) is 11.1 Å². The molecular weight excluding hydrogens is 466 g/mol. The van der Waals surface area contributed by atoms with E-state index in [1.807, 2.05) is 60.7 Å². The number of halogens is 2. The lowest BCUT2D eigenvalue weighted by molar-refractivity contribution is 0.0523. The molecule has 8 heteroatoms. The third-order valence-electron chi connectivity index (χ3n) is 6.25. The Bertz CT molecular complexity index is 1490. The highest BCUT2D eigenvalue weighted by molar-refractivity contribution is 6.01. The highest BCUT2D eigenvalue weighted by Crippen LogP contribution is 2.41. The molecule has 0 amide bonds. The van der Waals surface area contributed by atoms with Crippen molar-refractivity contribution in [1.29, 1.82) is 0 Å². The zero-order chi connectivity index (χ0) is 25.2. The third kappa shape index (κ3) is 4.19. The Morgan fingerprint density at radius 2 is 1.72 bits per heavy atom. The molecule has 0 unspecified atom stereocenters. The first-order valence-corrected chi connectivity index (χ1v) is 11.7. The molecule has 0 aliphatic carbocycles. The van der Waals surface area contributed by atoms with E-state index < -0.39 is 23.0 Å². The van der Waals surface area contributed by atoms with Crippen molar-refractivity contribution < 1.29 is 23.0 Å². The van der Waals surface area contributed by atoms with E-state index in [2.05, 4.69) is 5.32 Å². The SMILES string of the molecule is CCOC(=O)c1cn2c3c(c(F)c(F)c(NCc4ccccc4)c3c1=O)OC[C@@H]2Cc1ccccc1. The quantitative estimate of drug-likeness (QED) is 0.359. The zero-order valence-corrected chi connectivity index (χ0v) is 19.6. The van der Waals surface area contributed by atoms with Gasteiger partial charge < -0.3 is 19.4 Å². The van der Waals surface area contributed by atoms with Crippen molar-refractivity contribution >= 4 is 22.6 Å². The fourth-order valence-electron chi connectivity index (χ4n) is 4.55. The Hall–Kier alpha value is -4.20. The topological polar surface area (TPSA) is 69.6 Å². The summed E-state index contributed by atoms with van der Waals surface area (Å²) < 4.78 is 43.1. The monoisotopic (exact) mass is 490 g/mol. The fourth-order valence-corrected chi connectivity index (χ4v) is 4.55. The van der Waals surface area contributed by atoms with Crippen molar-refractivity contribution in [3.05, 3.63) is 105 Å². The summed E-state index contributed by atoms with van der Waals surface area (Å²) in [5.41, 5.74) is 0.591. The normalized spacial score (nSPS) is 14.4. The van der Waals surface area contributed by atoms with Crippen molar-refractivity contribution in [2.45, 2.75) is 25.9 Å². The van der Waals surface area contributed by atoms with E-state index in [9.17, 15) is 9.59 Å². The molecule has 6 nitrogen and oxygen atoms in total. The molecule has 1 aromatic heterocycles. The maximum absolute atomic E-state index is 15.4. The fraction of sp³-hybridized carbons (Fsp3) is 0.214. The van der Waals surface area contributed by atoms with Gasteiger partial charge in [-0.2, -0.15) is 4.39 Å². The molecule has 1 aliphatic rings. The van der Waals surface area contributed by atoms with Crippen LogP contribution >= 0.6 is 0 Å². The molecular formula is C28H24F2N2O4. The van der Waals surface area contributed by atoms with Gasteiger partial charge in [0.25, 0.3) is 0 Å². The Morgan fingerprint density at radius 3 is 2.39 bits per heavy atom. The highest BCUT2D eigenvalue weighted by Gasteiger charge is 2.33. The second-order valence-electron chi connectivity index (χ2n) is 8.55. The molecule has 36 heavy (non-hydrogen) atoms. The van der Waals surface area contributed by atoms with Gasteiger partial charge in [0.15, 0.2) is 11.6 Å². The maximum atomic E-state index is 15.4. The summed E-state index contributed by atoms with van der Waals surface area (Å²) in [6.07, 6.45) is 1.87. The van der Waals surface area contributed by atoms with Crippen LogP contribution in [0.5, 0.6) is 5.75 Å². The Morgan fingerprint density at radius 1 is 1.06 bits per heavy atom. The van der Waals surface area contributed by atoms with Gasteiger partial charge in [-0.15, -0.1) is 0 Å². The van der Waals surface area contributed by atoms with Gasteiger partial charge in [-0.25, -0.2) is 9.18 Å². The molecule has 1 aliphatic heterocycles. The number of ether oxygens (including phenoxy) is 2. The van der Waals surface area contributed by atoms with E-state index >= 15 is 8.78 Å². The minimum atomic E-state index is -1.24. The molecule has 0 saturated carbocycles. The predicted octanol–water partition coefficient (Wildman–Crippen LogP) is 5.24. The first-order valence-electron chi connectivity index (χ1n) is 11.7. The van der Waals surface area contributed by atoms with Crippen molar-refractivity contribution in [1.82, 2.24) is 4.57 Å². The Kier molecular flexibility index (Phi) is 6.41. The van der Waals surface area contributed by atoms with Crippen molar-refractivity contribution in [2.24, 2.45) is 0 Å². The number of pyridine rings is 1. The first kappa shape index (κ1) is 23.5. The number of nitrogens with one attached hydrogen (secondary N) is 1. The number of benzene rings is 3. The van der Waals surface area contributed by atoms with Crippen LogP contribution in [0.15, 0.2) is 71.7 Å². The smallest absolute Gasteiger partial charge is 0.343 e. The van der Waals surface area contributed by atoms with Crippen LogP contribution in [0.3, 0.4) is 0 Å². The van der Waals surface area contributed by atoms with E-state index in [-0.39, 0.29) is 53.7 Å². The third-order valence-corrected chi connectivity index (χ3v) is 6.25. The Balaban J connectivity index is 1.73. The molecule has 0 radical (unpaired) electrons. The lowest BCUT2D eigenvalue weighted by atomic mass is 10.0. The lowest BCUT2D eigenvalue weighted by Crippen LogP contribution is -2.31. The summed E-state index contributed by atoms with van der Waals surface area (Å²) >= 11 is 0. The minimum absolute atomic E-state index is 0.0370. The van der Waals surface area contributed by atoms with Crippen molar-refractivity contribution in [3.8, 4) is 5.75 Å². The summed E-state index contributed by atoms with van der Waals surface area (Å²) in [4.78, 5) is 26.3. The van der Waals surface area contributed by atoms with E-state index in [1.165, 1.54) is 6.20 Å². The Labute approximate surface area is 206 Å². The van der Waals surface area contributed by atoms with Crippen LogP contribution in [0.4, 0.5) is 14.5 Å². The van der Waals surface area contributed by atoms with Crippen LogP contribution in [0.1, 0.15) is 34.5 Å². The van der Waals surface area contributed by atoms with Crippen molar-refractivity contribution in [2.75, 3.05) is 18.5 Å². The average molecular weight is 491 g/mol. The molecule has 5 rings (SSSR count). The molecule has 0 spiro atoms. The minimum Gasteiger partial charge on any atom is -0.486 e. The van der Waals surface area contributed by atoms with Gasteiger partial charge in [0.05, 0.1) is 23.7 Å². The summed E-state index contributed by atoms with van der Waals surface area (Å²) in [6, 6.07) is 18.3. The predicted molar refractivity (Wildman–Crippen MR) is 133 cm³/mol. The number of rotatable bonds is 7. The number of nitrogens with zero attached hydrogens (tertiary/aromatic N) is 1. The van der Waals surface area contributed by atoms with Crippen LogP contribution < -0.4 is 15.5 Å². The number of esters is 1. The summed E-state index contributed by atoms with van der Waals surface area (Å²) in [6.45, 7) is 1.87. The van der Waals surface area contributed by atoms with Crippen LogP contribution in [-0.4, -0.2) is 23.8 Å². The molecule has 1 atom stereocenters. The molecule has 184 valence electrons. The summed E-state index contributed by atoms with van der Waals surface area (Å²) in [7, 11) is 0. The average Bonchev–Trinajstić information content (AvgIpc) is 2.90. The zero-order valence-electron chi connectivity index (χ0n) is 19.6. The lowest BCUT2D eigenvalue weighted by Gasteiger charge is -2.30. The molecule has 3 aromatic carbocycles. The molecule has 0 saturated heterocycles. The summed E-state index contributed by atoms with van der Waals surface area (Å²) in [5, 5.41) is 2.73. The van der Waals surface area contributed by atoms with E-state index in [0.29, 0.717) is 6.42 Å². The summed E-state index contributed by atoms with van der Waals surface area (Å²) in [5.74, 6) is -3.59. The van der Waals surface area contributed by atoms with Crippen LogP contribution in [0, 0.1) is 11.6 Å². The van der Waals surface area contributed by atoms with E-state index in [4.69, 9.17) is 9.47 Å². The molecule has 0 fully saturated rings. The number of aromatic nitrogens is 1. The molecule has 1 N–H and O–H groups in total. The molecule has 0 bridgehead atoms. The van der Waals surface area contributed by atoms with Gasteiger partial charge in [-0.1, -0.05) is 60.7 Å². The van der Waals surface area contributed by atoms with E-state index in [1.54, 1.807) is 11.5 Å². The first-order chi connectivity index (χ1) is 17.5. The standard InChI is InChI=1S/C28H24F2N2O4/c1-2-35-28(34)20-15-32-19(13-17-9-5-3-6-10-17)16-36-27-23(30)22(29)24(21(25(27)32)26(20)33)31-14-18-11-7-4-8-12-18/h3-12,15,19,31H,2,13-14,16H2,1H3/t19-/m0/s1. The number of hydrogen-bond acceptors (Lipinski definition) is 5. The second kappa shape index (κ2) is 9.81. The van der Waals surface area contributed by atoms with Gasteiger partial charge in [-0.05, 0) is 24.5 Å². The van der Waals surface area contributed by atoms with Crippen LogP contribution in [0.2, 0.25) is 0 Å². The maximum Gasteiger partial charge on any atom is 0.343 e. The van der Waals surface area contributed by atoms with Gasteiger partial charge >= 0.3 is 5.97 Å². The number of hydrogen-bond donors (Lipinski definition) is 1. The highest BCUT2D eigenvalue weighted by atomic mass is 19.2. The van der Waals surface area contributed by atoms with Crippen LogP contribution in [-0.2, 0) is 17.7 Å². The van der Waals surface area contributed by atoms with Gasteiger partial charge in [-0.3, -0.25) is 4.79 Å². The molecule has 2 heterocycles. The largest absolute Gasteiger partial charge is 0.486 e. The van der Waals surface area contributed by atoms with Crippen molar-refractivity contribution in [3.63, 3.8) is 0 Å². The van der Waals surface area contributed by atoms with Gasteiger partial charge in [0.1, 0.15) is 17.7 Å². The number of carbonyl (C=O) groups excluding carboxylic acids is 1. The molecule has 4 aromatic rings. The van der Waals surface area contributed by atoms with Crippen LogP contribution in [0.25, 0.3) is 10.9 Å².